The average molecular weight is 808 g/mol. The van der Waals surface area contributed by atoms with Crippen molar-refractivity contribution >= 4 is 55.4 Å². The molecule has 0 aliphatic carbocycles. The van der Waals surface area contributed by atoms with Crippen LogP contribution in [0.1, 0.15) is 53.2 Å². The van der Waals surface area contributed by atoms with Gasteiger partial charge in [0.2, 0.25) is 11.8 Å². The first-order valence-electron chi connectivity index (χ1n) is 17.0. The number of carboxylic acids is 2. The highest BCUT2D eigenvalue weighted by Crippen LogP contribution is 2.31. The molecular formula is C36H45BrF2N6O8. The van der Waals surface area contributed by atoms with Crippen LogP contribution in [0.2, 0.25) is 0 Å². The van der Waals surface area contributed by atoms with Crippen LogP contribution in [-0.2, 0) is 31.9 Å². The number of hydrogen-bond donors (Lipinski definition) is 4. The zero-order valence-corrected chi connectivity index (χ0v) is 32.1. The van der Waals surface area contributed by atoms with Gasteiger partial charge < -0.3 is 40.2 Å². The van der Waals surface area contributed by atoms with Gasteiger partial charge in [-0.2, -0.15) is 9.97 Å². The van der Waals surface area contributed by atoms with E-state index >= 15 is 0 Å². The molecule has 0 unspecified atom stereocenters. The number of rotatable bonds is 12. The monoisotopic (exact) mass is 806 g/mol. The molecule has 2 aromatic heterocycles. The normalized spacial score (nSPS) is 14.6. The molecule has 17 heteroatoms. The van der Waals surface area contributed by atoms with Crippen LogP contribution >= 0.6 is 15.9 Å². The Bertz CT molecular complexity index is 1940. The summed E-state index contributed by atoms with van der Waals surface area (Å²) in [7, 11) is 0. The summed E-state index contributed by atoms with van der Waals surface area (Å²) < 4.78 is 51.1. The molecule has 0 saturated carbocycles. The van der Waals surface area contributed by atoms with Gasteiger partial charge >= 0.3 is 11.9 Å². The van der Waals surface area contributed by atoms with E-state index < -0.39 is 28.8 Å². The van der Waals surface area contributed by atoms with Gasteiger partial charge in [0.1, 0.15) is 33.8 Å². The van der Waals surface area contributed by atoms with Crippen molar-refractivity contribution in [3.05, 3.63) is 52.0 Å². The first-order chi connectivity index (χ1) is 24.9. The van der Waals surface area contributed by atoms with Crippen LogP contribution in [0.15, 0.2) is 28.7 Å². The van der Waals surface area contributed by atoms with Crippen LogP contribution in [0.4, 0.5) is 14.5 Å². The molecule has 2 fully saturated rings. The highest BCUT2D eigenvalue weighted by Gasteiger charge is 2.28. The maximum absolute atomic E-state index is 14.6. The van der Waals surface area contributed by atoms with Crippen molar-refractivity contribution in [1.82, 2.24) is 19.9 Å². The lowest BCUT2D eigenvalue weighted by Crippen LogP contribution is -2.41. The molecule has 0 bridgehead atoms. The summed E-state index contributed by atoms with van der Waals surface area (Å²) in [5.74, 6) is -0.452. The van der Waals surface area contributed by atoms with Crippen molar-refractivity contribution in [2.24, 2.45) is 17.6 Å². The molecule has 4 aromatic rings. The summed E-state index contributed by atoms with van der Waals surface area (Å²) in [6, 6.07) is 6.04. The predicted molar refractivity (Wildman–Crippen MR) is 196 cm³/mol. The minimum absolute atomic E-state index is 0.162. The standard InChI is InChI=1S/C18H22FN3O4.C14H14BrFN2O2.C4H9NO2/c1-4-14-20-15-12(16(21-14)26-9-10-7-25-8-10)5-11(6-13(15)19)22-18(2,3)17(23)24;1-2-12-17-13-10(3-9(15)4-11(13)16)14(18-12)20-7-8-5-19-6-8;1-4(2,5)3(6)7/h5-6,10,22H,4,7-9H2,1-3H3,(H,23,24);3-4,8H,2,5-7H2,1H3;5H2,1-2H3,(H,6,7). The van der Waals surface area contributed by atoms with E-state index in [1.54, 1.807) is 12.1 Å². The Morgan fingerprint density at radius 3 is 1.62 bits per heavy atom. The quantitative estimate of drug-likeness (QED) is 0.139. The molecule has 53 heavy (non-hydrogen) atoms. The Morgan fingerprint density at radius 1 is 0.811 bits per heavy atom. The topological polar surface area (TPSA) is 201 Å². The molecule has 0 spiro atoms. The fraction of sp³-hybridized carbons (Fsp3) is 0.500. The van der Waals surface area contributed by atoms with Gasteiger partial charge in [0.05, 0.1) is 50.4 Å². The van der Waals surface area contributed by atoms with Gasteiger partial charge in [-0.25, -0.2) is 23.5 Å². The summed E-state index contributed by atoms with van der Waals surface area (Å²) >= 11 is 3.29. The number of carbonyl (C=O) groups is 2. The Kier molecular flexibility index (Phi) is 13.8. The van der Waals surface area contributed by atoms with E-state index in [4.69, 9.17) is 29.8 Å². The van der Waals surface area contributed by atoms with Crippen molar-refractivity contribution in [1.29, 1.82) is 0 Å². The van der Waals surface area contributed by atoms with Crippen molar-refractivity contribution < 1.29 is 47.5 Å². The lowest BCUT2D eigenvalue weighted by Gasteiger charge is -2.26. The summed E-state index contributed by atoms with van der Waals surface area (Å²) in [5, 5.41) is 21.2. The van der Waals surface area contributed by atoms with Crippen LogP contribution in [0, 0.1) is 23.5 Å². The molecule has 0 atom stereocenters. The van der Waals surface area contributed by atoms with Crippen molar-refractivity contribution in [3.63, 3.8) is 0 Å². The largest absolute Gasteiger partial charge is 0.480 e. The van der Waals surface area contributed by atoms with E-state index in [1.807, 2.05) is 13.8 Å². The first-order valence-corrected chi connectivity index (χ1v) is 17.8. The van der Waals surface area contributed by atoms with Gasteiger partial charge in [-0.3, -0.25) is 4.79 Å². The molecule has 0 amide bonds. The molecule has 14 nitrogen and oxygen atoms in total. The number of halogens is 3. The lowest BCUT2D eigenvalue weighted by molar-refractivity contribution is -0.142. The van der Waals surface area contributed by atoms with Gasteiger partial charge in [-0.15, -0.1) is 0 Å². The van der Waals surface area contributed by atoms with Crippen LogP contribution in [0.3, 0.4) is 0 Å². The molecule has 5 N–H and O–H groups in total. The lowest BCUT2D eigenvalue weighted by atomic mass is 10.1. The number of aryl methyl sites for hydroxylation is 2. The first kappa shape index (κ1) is 41.4. The summed E-state index contributed by atoms with van der Waals surface area (Å²) in [6.45, 7) is 13.3. The molecule has 0 radical (unpaired) electrons. The number of nitrogens with two attached hydrogens (primary N) is 1. The third-order valence-electron chi connectivity index (χ3n) is 8.00. The fourth-order valence-corrected chi connectivity index (χ4v) is 4.99. The smallest absolute Gasteiger partial charge is 0.328 e. The highest BCUT2D eigenvalue weighted by atomic mass is 79.9. The maximum Gasteiger partial charge on any atom is 0.328 e. The zero-order chi connectivity index (χ0) is 39.1. The SMILES string of the molecule is CC(C)(N)C(=O)O.CCc1nc(OCC2COC2)c2cc(Br)cc(F)c2n1.CCc1nc(OCC2COC2)c2cc(NC(C)(C)C(=O)O)cc(F)c2n1. The molecule has 2 saturated heterocycles. The third-order valence-corrected chi connectivity index (χ3v) is 8.45. The molecule has 4 heterocycles. The number of aromatic nitrogens is 4. The van der Waals surface area contributed by atoms with E-state index in [1.165, 1.54) is 39.8 Å². The average Bonchev–Trinajstić information content (AvgIpc) is 3.03. The van der Waals surface area contributed by atoms with Crippen molar-refractivity contribution in [2.75, 3.05) is 45.0 Å². The number of fused-ring (bicyclic) bond motifs is 2. The maximum atomic E-state index is 14.6. The number of carboxylic acid groups (broad SMARTS) is 2. The van der Waals surface area contributed by atoms with Crippen molar-refractivity contribution in [2.45, 2.75) is 65.5 Å². The minimum atomic E-state index is -1.26. The van der Waals surface area contributed by atoms with E-state index in [9.17, 15) is 23.5 Å². The Balaban J connectivity index is 0.000000205. The number of benzene rings is 2. The number of hydrogen-bond acceptors (Lipinski definition) is 12. The second-order valence-electron chi connectivity index (χ2n) is 13.7. The number of ether oxygens (including phenoxy) is 4. The van der Waals surface area contributed by atoms with Gasteiger partial charge in [-0.05, 0) is 52.0 Å². The molecule has 2 aliphatic rings. The third kappa shape index (κ3) is 11.1. The fourth-order valence-electron chi connectivity index (χ4n) is 4.56. The summed E-state index contributed by atoms with van der Waals surface area (Å²) in [5.41, 5.74) is 3.53. The van der Waals surface area contributed by atoms with Crippen LogP contribution in [0.25, 0.3) is 21.8 Å². The Labute approximate surface area is 313 Å². The molecule has 6 rings (SSSR count). The molecule has 2 aliphatic heterocycles. The van der Waals surface area contributed by atoms with Gasteiger partial charge in [0.15, 0.2) is 11.6 Å². The van der Waals surface area contributed by atoms with Crippen molar-refractivity contribution in [3.8, 4) is 11.8 Å². The molecule has 288 valence electrons. The summed E-state index contributed by atoms with van der Waals surface area (Å²) in [6.07, 6.45) is 1.18. The number of aliphatic carboxylic acids is 2. The zero-order valence-electron chi connectivity index (χ0n) is 30.5. The summed E-state index contributed by atoms with van der Waals surface area (Å²) in [4.78, 5) is 38.5. The molecule has 2 aromatic carbocycles. The van der Waals surface area contributed by atoms with Crippen LogP contribution < -0.4 is 20.5 Å². The molecular weight excluding hydrogens is 762 g/mol. The highest BCUT2D eigenvalue weighted by molar-refractivity contribution is 9.10. The van der Waals surface area contributed by atoms with E-state index in [-0.39, 0.29) is 11.3 Å². The van der Waals surface area contributed by atoms with E-state index in [0.717, 1.165) is 0 Å². The second kappa shape index (κ2) is 17.7. The Morgan fingerprint density at radius 2 is 1.25 bits per heavy atom. The predicted octanol–water partition coefficient (Wildman–Crippen LogP) is 5.56. The van der Waals surface area contributed by atoms with Gasteiger partial charge in [0, 0.05) is 34.8 Å². The van der Waals surface area contributed by atoms with Gasteiger partial charge in [-0.1, -0.05) is 29.8 Å². The number of anilines is 1. The van der Waals surface area contributed by atoms with E-state index in [0.29, 0.717) is 114 Å². The van der Waals surface area contributed by atoms with Gasteiger partial charge in [0.25, 0.3) is 0 Å². The van der Waals surface area contributed by atoms with E-state index in [2.05, 4.69) is 41.2 Å². The minimum Gasteiger partial charge on any atom is -0.480 e. The number of nitrogens with zero attached hydrogens (tertiary/aromatic N) is 4. The van der Waals surface area contributed by atoms with Crippen LogP contribution in [0.5, 0.6) is 11.8 Å². The van der Waals surface area contributed by atoms with Crippen LogP contribution in [-0.4, -0.2) is 92.8 Å². The Hall–Kier alpha value is -4.32. The number of nitrogens with one attached hydrogen (secondary N) is 1. The second-order valence-corrected chi connectivity index (χ2v) is 14.7.